The largest absolute Gasteiger partial charge is 0.472 e. The summed E-state index contributed by atoms with van der Waals surface area (Å²) in [5, 5.41) is 60.1. The lowest BCUT2D eigenvalue weighted by Crippen LogP contribution is -2.64. The SMILES string of the molecule is CC/C=C\CC(O)/C=C/C=C/C/C=C\C/C=C\C/C=C\CCC(=O)O[C@H](COC(=O)CCCCCCCCCCCCCCCCCCC)COP(=O)(O)OC1[C@H](O)[C@H](O)C(O)[C@H](O)[C@H]1O. The minimum atomic E-state index is -5.15. The summed E-state index contributed by atoms with van der Waals surface area (Å²) in [4.78, 5) is 35.8. The maximum absolute atomic E-state index is 12.8. The lowest BCUT2D eigenvalue weighted by atomic mass is 9.85. The number of esters is 2. The van der Waals surface area contributed by atoms with Crippen LogP contribution in [-0.4, -0.2) is 110 Å². The Kier molecular flexibility index (Phi) is 37.3. The van der Waals surface area contributed by atoms with E-state index in [1.807, 2.05) is 54.7 Å². The number of aliphatic hydroxyl groups excluding tert-OH is 6. The van der Waals surface area contributed by atoms with Gasteiger partial charge in [0.05, 0.1) is 12.7 Å². The van der Waals surface area contributed by atoms with Crippen LogP contribution in [-0.2, 0) is 32.7 Å². The van der Waals surface area contributed by atoms with Gasteiger partial charge in [-0.15, -0.1) is 0 Å². The van der Waals surface area contributed by atoms with Crippen molar-refractivity contribution in [1.82, 2.24) is 0 Å². The van der Waals surface area contributed by atoms with Crippen LogP contribution < -0.4 is 0 Å². The van der Waals surface area contributed by atoms with Crippen molar-refractivity contribution in [2.45, 2.75) is 223 Å². The monoisotopic (exact) mass is 955 g/mol. The summed E-state index contributed by atoms with van der Waals surface area (Å²) in [6.07, 6.45) is 34.3. The van der Waals surface area contributed by atoms with E-state index in [0.29, 0.717) is 25.7 Å². The Morgan fingerprint density at radius 2 is 1.05 bits per heavy atom. The molecule has 4 unspecified atom stereocenters. The van der Waals surface area contributed by atoms with Crippen LogP contribution in [0.15, 0.2) is 72.9 Å². The molecule has 0 radical (unpaired) electrons. The Morgan fingerprint density at radius 1 is 0.561 bits per heavy atom. The van der Waals surface area contributed by atoms with Crippen molar-refractivity contribution in [3.63, 3.8) is 0 Å². The molecule has 1 fully saturated rings. The van der Waals surface area contributed by atoms with Crippen LogP contribution in [0.1, 0.15) is 174 Å². The summed E-state index contributed by atoms with van der Waals surface area (Å²) in [6.45, 7) is 3.04. The first kappa shape index (κ1) is 61.3. The minimum Gasteiger partial charge on any atom is -0.462 e. The molecule has 15 heteroatoms. The van der Waals surface area contributed by atoms with E-state index in [9.17, 15) is 49.7 Å². The predicted octanol–water partition coefficient (Wildman–Crippen LogP) is 9.25. The van der Waals surface area contributed by atoms with Gasteiger partial charge in [-0.3, -0.25) is 18.6 Å². The van der Waals surface area contributed by atoms with Crippen LogP contribution in [0.3, 0.4) is 0 Å². The van der Waals surface area contributed by atoms with Gasteiger partial charge in [0.2, 0.25) is 0 Å². The average molecular weight is 955 g/mol. The van der Waals surface area contributed by atoms with E-state index in [0.717, 1.165) is 38.5 Å². The zero-order valence-electron chi connectivity index (χ0n) is 40.1. The van der Waals surface area contributed by atoms with Crippen molar-refractivity contribution in [2.24, 2.45) is 0 Å². The van der Waals surface area contributed by atoms with Crippen LogP contribution in [0.4, 0.5) is 0 Å². The molecular weight excluding hydrogens is 868 g/mol. The molecule has 0 aromatic heterocycles. The molecule has 0 heterocycles. The molecule has 0 aromatic rings. The summed E-state index contributed by atoms with van der Waals surface area (Å²) in [7, 11) is -5.15. The first-order chi connectivity index (χ1) is 31.8. The van der Waals surface area contributed by atoms with E-state index < -0.39 is 81.8 Å². The van der Waals surface area contributed by atoms with Gasteiger partial charge >= 0.3 is 19.8 Å². The molecule has 7 N–H and O–H groups in total. The number of carbonyl (C=O) groups is 2. The maximum Gasteiger partial charge on any atom is 0.472 e. The van der Waals surface area contributed by atoms with Crippen molar-refractivity contribution in [3.05, 3.63) is 72.9 Å². The number of unbranched alkanes of at least 4 members (excludes halogenated alkanes) is 16. The smallest absolute Gasteiger partial charge is 0.462 e. The van der Waals surface area contributed by atoms with Crippen molar-refractivity contribution in [3.8, 4) is 0 Å². The fourth-order valence-corrected chi connectivity index (χ4v) is 8.14. The van der Waals surface area contributed by atoms with Gasteiger partial charge < -0.3 is 45.0 Å². The van der Waals surface area contributed by atoms with E-state index in [1.165, 1.54) is 83.5 Å². The highest BCUT2D eigenvalue weighted by Gasteiger charge is 2.51. The lowest BCUT2D eigenvalue weighted by Gasteiger charge is -2.41. The van der Waals surface area contributed by atoms with Crippen LogP contribution in [0.25, 0.3) is 0 Å². The molecule has 0 spiro atoms. The van der Waals surface area contributed by atoms with Gasteiger partial charge in [-0.25, -0.2) is 4.57 Å². The molecule has 1 rings (SSSR count). The van der Waals surface area contributed by atoms with E-state index >= 15 is 0 Å². The van der Waals surface area contributed by atoms with Gasteiger partial charge in [0.1, 0.15) is 43.2 Å². The van der Waals surface area contributed by atoms with Crippen molar-refractivity contribution < 1.29 is 68.2 Å². The number of phosphoric ester groups is 1. The van der Waals surface area contributed by atoms with Crippen molar-refractivity contribution in [2.75, 3.05) is 13.2 Å². The van der Waals surface area contributed by atoms with E-state index in [1.54, 1.807) is 6.08 Å². The number of carbonyl (C=O) groups excluding carboxylic acids is 2. The molecule has 14 nitrogen and oxygen atoms in total. The van der Waals surface area contributed by atoms with Gasteiger partial charge in [-0.1, -0.05) is 189 Å². The van der Waals surface area contributed by atoms with E-state index in [2.05, 4.69) is 26.0 Å². The molecule has 1 aliphatic rings. The number of hydrogen-bond acceptors (Lipinski definition) is 13. The zero-order valence-corrected chi connectivity index (χ0v) is 41.0. The molecule has 1 saturated carbocycles. The number of ether oxygens (including phenoxy) is 2. The highest BCUT2D eigenvalue weighted by atomic mass is 31.2. The molecule has 1 aliphatic carbocycles. The number of allylic oxidation sites excluding steroid dienone is 10. The lowest BCUT2D eigenvalue weighted by molar-refractivity contribution is -0.220. The molecule has 0 bridgehead atoms. The summed E-state index contributed by atoms with van der Waals surface area (Å²) in [5.74, 6) is -1.22. The Hall–Kier alpha value is -2.75. The Balaban J connectivity index is 2.49. The molecule has 0 saturated heterocycles. The molecule has 380 valence electrons. The van der Waals surface area contributed by atoms with Gasteiger partial charge in [0.25, 0.3) is 0 Å². The summed E-state index contributed by atoms with van der Waals surface area (Å²) in [5.41, 5.74) is 0. The number of rotatable bonds is 40. The van der Waals surface area contributed by atoms with Crippen LogP contribution in [0.2, 0.25) is 0 Å². The van der Waals surface area contributed by atoms with Crippen LogP contribution in [0.5, 0.6) is 0 Å². The second kappa shape index (κ2) is 40.2. The number of hydrogen-bond donors (Lipinski definition) is 7. The first-order valence-electron chi connectivity index (χ1n) is 24.8. The molecule has 0 amide bonds. The standard InChI is InChI=1S/C51H87O14P/c1-3-5-7-8-9-10-11-12-13-14-15-18-21-24-27-30-34-38-44(53)62-40-43(41-63-66(60,61)65-51-49(58)47(56)46(55)48(57)50(51)59)64-45(54)39-35-31-28-25-22-19-16-17-20-23-26-29-33-37-42(52)36-32-6-4-2/h6,17,19-20,22,26,28-29,31-33,37,42-43,46-52,55-59H,3-5,7-16,18,21,23-25,27,30,34-36,38-41H2,1-2H3,(H,60,61)/b20-17-,22-19-,29-26+,31-28-,32-6-,37-33+/t42?,43-,46?,47-,48+,49-,50-,51?/m1/s1. The van der Waals surface area contributed by atoms with Gasteiger partial charge in [0.15, 0.2) is 6.10 Å². The second-order valence-electron chi connectivity index (χ2n) is 17.1. The van der Waals surface area contributed by atoms with Crippen LogP contribution >= 0.6 is 7.82 Å². The van der Waals surface area contributed by atoms with Crippen molar-refractivity contribution >= 4 is 19.8 Å². The van der Waals surface area contributed by atoms with E-state index in [4.69, 9.17) is 18.5 Å². The zero-order chi connectivity index (χ0) is 48.7. The highest BCUT2D eigenvalue weighted by molar-refractivity contribution is 7.47. The summed E-state index contributed by atoms with van der Waals surface area (Å²) in [6, 6.07) is 0. The number of aliphatic hydroxyl groups is 6. The van der Waals surface area contributed by atoms with Gasteiger partial charge in [-0.2, -0.15) is 0 Å². The molecule has 9 atom stereocenters. The van der Waals surface area contributed by atoms with Crippen molar-refractivity contribution in [1.29, 1.82) is 0 Å². The first-order valence-corrected chi connectivity index (χ1v) is 26.3. The Bertz CT molecular complexity index is 1450. The number of phosphoric acid groups is 1. The quantitative estimate of drug-likeness (QED) is 0.00999. The fraction of sp³-hybridized carbons (Fsp3) is 0.725. The minimum absolute atomic E-state index is 0.0456. The predicted molar refractivity (Wildman–Crippen MR) is 259 cm³/mol. The topological polar surface area (TPSA) is 230 Å². The second-order valence-corrected chi connectivity index (χ2v) is 18.6. The molecule has 0 aliphatic heterocycles. The third-order valence-corrected chi connectivity index (χ3v) is 12.1. The molecule has 66 heavy (non-hydrogen) atoms. The van der Waals surface area contributed by atoms with E-state index in [-0.39, 0.29) is 12.8 Å². The van der Waals surface area contributed by atoms with Crippen LogP contribution in [0, 0.1) is 0 Å². The van der Waals surface area contributed by atoms with Gasteiger partial charge in [0, 0.05) is 12.8 Å². The fourth-order valence-electron chi connectivity index (χ4n) is 7.16. The normalized spacial score (nSPS) is 22.4. The van der Waals surface area contributed by atoms with Gasteiger partial charge in [-0.05, 0) is 44.9 Å². The Labute approximate surface area is 396 Å². The third-order valence-electron chi connectivity index (χ3n) is 11.2. The molecular formula is C51H87O14P. The Morgan fingerprint density at radius 3 is 1.58 bits per heavy atom. The maximum atomic E-state index is 12.8. The highest BCUT2D eigenvalue weighted by Crippen LogP contribution is 2.47. The molecule has 0 aromatic carbocycles. The third kappa shape index (κ3) is 32.1. The summed E-state index contributed by atoms with van der Waals surface area (Å²) < 4.78 is 33.5. The summed E-state index contributed by atoms with van der Waals surface area (Å²) >= 11 is 0. The average Bonchev–Trinajstić information content (AvgIpc) is 3.29.